The van der Waals surface area contributed by atoms with E-state index in [9.17, 15) is 4.79 Å². The van der Waals surface area contributed by atoms with E-state index in [4.69, 9.17) is 5.73 Å². The Morgan fingerprint density at radius 2 is 2.32 bits per heavy atom. The molecular weight excluding hydrogens is 240 g/mol. The Labute approximate surface area is 114 Å². The van der Waals surface area contributed by atoms with Crippen LogP contribution in [-0.2, 0) is 6.54 Å². The molecule has 0 unspecified atom stereocenters. The van der Waals surface area contributed by atoms with Gasteiger partial charge in [-0.25, -0.2) is 0 Å². The number of carbonyl (C=O) groups is 1. The van der Waals surface area contributed by atoms with Crippen molar-refractivity contribution in [1.82, 2.24) is 14.7 Å². The van der Waals surface area contributed by atoms with Gasteiger partial charge in [0.15, 0.2) is 5.69 Å². The number of nitrogens with zero attached hydrogens (tertiary/aromatic N) is 3. The van der Waals surface area contributed by atoms with Gasteiger partial charge in [-0.05, 0) is 19.8 Å². The molecule has 1 aliphatic carbocycles. The third-order valence-corrected chi connectivity index (χ3v) is 3.67. The summed E-state index contributed by atoms with van der Waals surface area (Å²) in [5.41, 5.74) is 6.72. The average molecular weight is 262 g/mol. The summed E-state index contributed by atoms with van der Waals surface area (Å²) in [4.78, 5) is 14.5. The van der Waals surface area contributed by atoms with E-state index in [1.165, 1.54) is 12.8 Å². The van der Waals surface area contributed by atoms with Gasteiger partial charge in [-0.2, -0.15) is 5.10 Å². The SMILES string of the molecule is C=CCN(C(=O)c1nn(CC)cc1N)C1CCCC1. The van der Waals surface area contributed by atoms with Crippen LogP contribution in [0.5, 0.6) is 0 Å². The molecule has 1 aromatic heterocycles. The molecule has 0 radical (unpaired) electrons. The molecule has 2 rings (SSSR count). The van der Waals surface area contributed by atoms with Gasteiger partial charge in [0, 0.05) is 25.3 Å². The van der Waals surface area contributed by atoms with Crippen molar-refractivity contribution in [2.24, 2.45) is 0 Å². The van der Waals surface area contributed by atoms with Crippen LogP contribution >= 0.6 is 0 Å². The van der Waals surface area contributed by atoms with Crippen molar-refractivity contribution in [1.29, 1.82) is 0 Å². The summed E-state index contributed by atoms with van der Waals surface area (Å²) in [5.74, 6) is -0.0727. The quantitative estimate of drug-likeness (QED) is 0.826. The van der Waals surface area contributed by atoms with Crippen molar-refractivity contribution in [3.05, 3.63) is 24.5 Å². The second-order valence-electron chi connectivity index (χ2n) is 4.97. The van der Waals surface area contributed by atoms with Gasteiger partial charge >= 0.3 is 0 Å². The zero-order valence-electron chi connectivity index (χ0n) is 11.5. The first-order chi connectivity index (χ1) is 9.17. The van der Waals surface area contributed by atoms with Gasteiger partial charge in [-0.3, -0.25) is 9.48 Å². The predicted molar refractivity (Wildman–Crippen MR) is 75.8 cm³/mol. The molecule has 1 amide bonds. The summed E-state index contributed by atoms with van der Waals surface area (Å²) in [6, 6.07) is 0.302. The number of anilines is 1. The zero-order chi connectivity index (χ0) is 13.8. The highest BCUT2D eigenvalue weighted by Crippen LogP contribution is 2.25. The number of carbonyl (C=O) groups excluding carboxylic acids is 1. The lowest BCUT2D eigenvalue weighted by molar-refractivity contribution is 0.0700. The van der Waals surface area contributed by atoms with Gasteiger partial charge in [0.2, 0.25) is 0 Å². The van der Waals surface area contributed by atoms with Gasteiger partial charge < -0.3 is 10.6 Å². The first kappa shape index (κ1) is 13.6. The summed E-state index contributed by atoms with van der Waals surface area (Å²) in [5, 5.41) is 4.27. The Morgan fingerprint density at radius 1 is 1.63 bits per heavy atom. The Morgan fingerprint density at radius 3 is 2.84 bits per heavy atom. The molecule has 1 saturated carbocycles. The Balaban J connectivity index is 2.22. The monoisotopic (exact) mass is 262 g/mol. The van der Waals surface area contributed by atoms with E-state index in [2.05, 4.69) is 11.7 Å². The first-order valence-electron chi connectivity index (χ1n) is 6.92. The second kappa shape index (κ2) is 5.91. The van der Waals surface area contributed by atoms with Crippen molar-refractivity contribution in [3.8, 4) is 0 Å². The number of aryl methyl sites for hydroxylation is 1. The third-order valence-electron chi connectivity index (χ3n) is 3.67. The third kappa shape index (κ3) is 2.80. The summed E-state index contributed by atoms with van der Waals surface area (Å²) in [6.07, 6.45) is 7.98. The summed E-state index contributed by atoms with van der Waals surface area (Å²) >= 11 is 0. The molecule has 0 bridgehead atoms. The number of hydrogen-bond acceptors (Lipinski definition) is 3. The summed E-state index contributed by atoms with van der Waals surface area (Å²) in [7, 11) is 0. The largest absolute Gasteiger partial charge is 0.396 e. The molecule has 1 aliphatic rings. The Hall–Kier alpha value is -1.78. The van der Waals surface area contributed by atoms with E-state index < -0.39 is 0 Å². The lowest BCUT2D eigenvalue weighted by atomic mass is 10.2. The smallest absolute Gasteiger partial charge is 0.277 e. The van der Waals surface area contributed by atoms with Crippen LogP contribution in [0.3, 0.4) is 0 Å². The Bertz CT molecular complexity index is 460. The van der Waals surface area contributed by atoms with Crippen LogP contribution in [0.4, 0.5) is 5.69 Å². The fraction of sp³-hybridized carbons (Fsp3) is 0.571. The van der Waals surface area contributed by atoms with Crippen LogP contribution in [-0.4, -0.2) is 33.2 Å². The van der Waals surface area contributed by atoms with Crippen molar-refractivity contribution >= 4 is 11.6 Å². The molecule has 0 aromatic carbocycles. The van der Waals surface area contributed by atoms with E-state index in [0.29, 0.717) is 30.5 Å². The molecule has 2 N–H and O–H groups in total. The average Bonchev–Trinajstić information content (AvgIpc) is 3.04. The van der Waals surface area contributed by atoms with Gasteiger partial charge in [-0.1, -0.05) is 18.9 Å². The maximum Gasteiger partial charge on any atom is 0.277 e. The van der Waals surface area contributed by atoms with Crippen LogP contribution in [0.1, 0.15) is 43.1 Å². The molecule has 0 atom stereocenters. The molecule has 0 saturated heterocycles. The number of nitrogen functional groups attached to an aromatic ring is 1. The number of hydrogen-bond donors (Lipinski definition) is 1. The number of rotatable bonds is 5. The molecular formula is C14H22N4O. The minimum absolute atomic E-state index is 0.0727. The van der Waals surface area contributed by atoms with Crippen molar-refractivity contribution in [2.75, 3.05) is 12.3 Å². The molecule has 104 valence electrons. The lowest BCUT2D eigenvalue weighted by Crippen LogP contribution is -2.39. The molecule has 5 heteroatoms. The van der Waals surface area contributed by atoms with Crippen LogP contribution in [0.25, 0.3) is 0 Å². The van der Waals surface area contributed by atoms with Gasteiger partial charge in [0.1, 0.15) is 0 Å². The number of nitrogens with two attached hydrogens (primary N) is 1. The van der Waals surface area contributed by atoms with E-state index >= 15 is 0 Å². The first-order valence-corrected chi connectivity index (χ1v) is 6.92. The van der Waals surface area contributed by atoms with Crippen molar-refractivity contribution < 1.29 is 4.79 Å². The molecule has 5 nitrogen and oxygen atoms in total. The van der Waals surface area contributed by atoms with Crippen LogP contribution in [0, 0.1) is 0 Å². The van der Waals surface area contributed by atoms with E-state index in [-0.39, 0.29) is 5.91 Å². The topological polar surface area (TPSA) is 64.2 Å². The van der Waals surface area contributed by atoms with Gasteiger partial charge in [0.25, 0.3) is 5.91 Å². The number of aromatic nitrogens is 2. The minimum Gasteiger partial charge on any atom is -0.396 e. The van der Waals surface area contributed by atoms with Gasteiger partial charge in [-0.15, -0.1) is 6.58 Å². The van der Waals surface area contributed by atoms with Gasteiger partial charge in [0.05, 0.1) is 5.69 Å². The molecule has 1 aromatic rings. The highest BCUT2D eigenvalue weighted by Gasteiger charge is 2.29. The minimum atomic E-state index is -0.0727. The van der Waals surface area contributed by atoms with Crippen molar-refractivity contribution in [2.45, 2.75) is 45.2 Å². The van der Waals surface area contributed by atoms with E-state index in [1.54, 1.807) is 17.0 Å². The van der Waals surface area contributed by atoms with Crippen LogP contribution < -0.4 is 5.73 Å². The summed E-state index contributed by atoms with van der Waals surface area (Å²) < 4.78 is 1.70. The molecule has 1 heterocycles. The normalized spacial score (nSPS) is 15.6. The molecule has 19 heavy (non-hydrogen) atoms. The fourth-order valence-electron chi connectivity index (χ4n) is 2.65. The van der Waals surface area contributed by atoms with Crippen LogP contribution in [0.15, 0.2) is 18.9 Å². The molecule has 0 aliphatic heterocycles. The highest BCUT2D eigenvalue weighted by atomic mass is 16.2. The maximum absolute atomic E-state index is 12.6. The maximum atomic E-state index is 12.6. The predicted octanol–water partition coefficient (Wildman–Crippen LogP) is 2.06. The zero-order valence-corrected chi connectivity index (χ0v) is 11.5. The second-order valence-corrected chi connectivity index (χ2v) is 4.97. The van der Waals surface area contributed by atoms with Crippen LogP contribution in [0.2, 0.25) is 0 Å². The Kier molecular flexibility index (Phi) is 4.24. The van der Waals surface area contributed by atoms with Crippen molar-refractivity contribution in [3.63, 3.8) is 0 Å². The standard InChI is InChI=1S/C14H22N4O/c1-3-9-18(11-7-5-6-8-11)14(19)13-12(15)10-17(4-2)16-13/h3,10-11H,1,4-9,15H2,2H3. The fourth-order valence-corrected chi connectivity index (χ4v) is 2.65. The molecule has 0 spiro atoms. The molecule has 1 fully saturated rings. The number of amides is 1. The van der Waals surface area contributed by atoms with E-state index in [0.717, 1.165) is 12.8 Å². The summed E-state index contributed by atoms with van der Waals surface area (Å²) in [6.45, 7) is 6.98. The lowest BCUT2D eigenvalue weighted by Gasteiger charge is -2.27. The van der Waals surface area contributed by atoms with E-state index in [1.807, 2.05) is 11.8 Å². The highest BCUT2D eigenvalue weighted by molar-refractivity contribution is 5.97.